The predicted octanol–water partition coefficient (Wildman–Crippen LogP) is 0.924. The number of rotatable bonds is 4. The minimum atomic E-state index is -0.107. The molecule has 0 saturated heterocycles. The summed E-state index contributed by atoms with van der Waals surface area (Å²) >= 11 is 0. The van der Waals surface area contributed by atoms with Gasteiger partial charge in [0.15, 0.2) is 0 Å². The van der Waals surface area contributed by atoms with Gasteiger partial charge >= 0.3 is 5.97 Å². The summed E-state index contributed by atoms with van der Waals surface area (Å²) in [5, 5.41) is 0. The van der Waals surface area contributed by atoms with Crippen molar-refractivity contribution >= 4 is 5.97 Å². The van der Waals surface area contributed by atoms with E-state index in [-0.39, 0.29) is 11.9 Å². The van der Waals surface area contributed by atoms with E-state index >= 15 is 0 Å². The fourth-order valence-electron chi connectivity index (χ4n) is 1.57. The lowest BCUT2D eigenvalue weighted by molar-refractivity contribution is -0.150. The molecule has 2 N–H and O–H groups in total. The zero-order chi connectivity index (χ0) is 8.97. The molecule has 1 atom stereocenters. The average molecular weight is 171 g/mol. The van der Waals surface area contributed by atoms with E-state index in [4.69, 9.17) is 10.5 Å². The van der Waals surface area contributed by atoms with Crippen molar-refractivity contribution in [2.24, 2.45) is 17.6 Å². The Morgan fingerprint density at radius 2 is 2.33 bits per heavy atom. The van der Waals surface area contributed by atoms with E-state index in [0.29, 0.717) is 19.1 Å². The molecule has 1 saturated carbocycles. The van der Waals surface area contributed by atoms with Crippen LogP contribution in [-0.2, 0) is 9.53 Å². The number of esters is 1. The van der Waals surface area contributed by atoms with Crippen LogP contribution in [0, 0.1) is 11.8 Å². The van der Waals surface area contributed by atoms with Crippen LogP contribution in [0.25, 0.3) is 0 Å². The number of hydrogen-bond acceptors (Lipinski definition) is 3. The fourth-order valence-corrected chi connectivity index (χ4v) is 1.57. The second kappa shape index (κ2) is 4.45. The molecule has 12 heavy (non-hydrogen) atoms. The van der Waals surface area contributed by atoms with Crippen molar-refractivity contribution in [2.45, 2.75) is 26.2 Å². The molecule has 0 bridgehead atoms. The molecule has 0 heterocycles. The molecule has 1 rings (SSSR count). The third-order valence-electron chi connectivity index (χ3n) is 2.56. The minimum absolute atomic E-state index is 0.0429. The Kier molecular flexibility index (Phi) is 3.53. The van der Waals surface area contributed by atoms with Crippen molar-refractivity contribution < 1.29 is 9.53 Å². The minimum Gasteiger partial charge on any atom is -0.466 e. The van der Waals surface area contributed by atoms with Gasteiger partial charge in [-0.1, -0.05) is 6.42 Å². The first-order valence-corrected chi connectivity index (χ1v) is 4.66. The smallest absolute Gasteiger partial charge is 0.310 e. The Morgan fingerprint density at radius 3 is 2.67 bits per heavy atom. The summed E-state index contributed by atoms with van der Waals surface area (Å²) in [6, 6.07) is 0. The van der Waals surface area contributed by atoms with Gasteiger partial charge in [0.2, 0.25) is 0 Å². The van der Waals surface area contributed by atoms with Gasteiger partial charge in [-0.25, -0.2) is 0 Å². The molecule has 0 aliphatic heterocycles. The van der Waals surface area contributed by atoms with Gasteiger partial charge in [0.1, 0.15) is 0 Å². The van der Waals surface area contributed by atoms with Crippen LogP contribution < -0.4 is 5.73 Å². The third-order valence-corrected chi connectivity index (χ3v) is 2.56. The van der Waals surface area contributed by atoms with E-state index in [9.17, 15) is 4.79 Å². The van der Waals surface area contributed by atoms with Crippen molar-refractivity contribution in [3.63, 3.8) is 0 Å². The normalized spacial score (nSPS) is 19.8. The maximum Gasteiger partial charge on any atom is 0.310 e. The lowest BCUT2D eigenvalue weighted by atomic mass is 9.76. The zero-order valence-corrected chi connectivity index (χ0v) is 7.58. The lowest BCUT2D eigenvalue weighted by Crippen LogP contribution is -2.35. The number of carbonyl (C=O) groups excluding carboxylic acids is 1. The highest BCUT2D eigenvalue weighted by atomic mass is 16.5. The molecule has 0 aromatic carbocycles. The molecule has 1 fully saturated rings. The van der Waals surface area contributed by atoms with Gasteiger partial charge in [-0.2, -0.15) is 0 Å². The molecule has 0 radical (unpaired) electrons. The highest BCUT2D eigenvalue weighted by Crippen LogP contribution is 2.33. The van der Waals surface area contributed by atoms with Crippen LogP contribution in [0.2, 0.25) is 0 Å². The average Bonchev–Trinajstić information content (AvgIpc) is 1.96. The number of carbonyl (C=O) groups is 1. The van der Waals surface area contributed by atoms with Crippen LogP contribution in [0.1, 0.15) is 26.2 Å². The van der Waals surface area contributed by atoms with Crippen LogP contribution in [0.4, 0.5) is 0 Å². The van der Waals surface area contributed by atoms with E-state index in [1.807, 2.05) is 6.92 Å². The Morgan fingerprint density at radius 1 is 1.67 bits per heavy atom. The molecule has 1 aliphatic rings. The quantitative estimate of drug-likeness (QED) is 0.640. The summed E-state index contributed by atoms with van der Waals surface area (Å²) in [6.45, 7) is 2.72. The molecule has 0 aromatic rings. The van der Waals surface area contributed by atoms with Crippen LogP contribution >= 0.6 is 0 Å². The predicted molar refractivity (Wildman–Crippen MR) is 46.5 cm³/mol. The standard InChI is InChI=1S/C9H17NO2/c1-2-12-9(11)8(6-10)7-4-3-5-7/h7-8H,2-6,10H2,1H3/t8-/m1/s1. The second-order valence-electron chi connectivity index (χ2n) is 3.29. The molecule has 0 amide bonds. The van der Waals surface area contributed by atoms with E-state index in [0.717, 1.165) is 12.8 Å². The van der Waals surface area contributed by atoms with Crippen molar-refractivity contribution in [3.8, 4) is 0 Å². The first-order valence-electron chi connectivity index (χ1n) is 4.66. The maximum absolute atomic E-state index is 11.3. The summed E-state index contributed by atoms with van der Waals surface area (Å²) in [6.07, 6.45) is 3.52. The molecule has 3 heteroatoms. The number of hydrogen-bond donors (Lipinski definition) is 1. The van der Waals surface area contributed by atoms with Gasteiger partial charge in [0, 0.05) is 6.54 Å². The Bertz CT molecular complexity index is 155. The van der Waals surface area contributed by atoms with E-state index in [1.165, 1.54) is 6.42 Å². The van der Waals surface area contributed by atoms with Crippen molar-refractivity contribution in [3.05, 3.63) is 0 Å². The van der Waals surface area contributed by atoms with Crippen LogP contribution in [0.5, 0.6) is 0 Å². The van der Waals surface area contributed by atoms with Crippen molar-refractivity contribution in [1.82, 2.24) is 0 Å². The maximum atomic E-state index is 11.3. The summed E-state index contributed by atoms with van der Waals surface area (Å²) in [7, 11) is 0. The van der Waals surface area contributed by atoms with Crippen LogP contribution in [0.3, 0.4) is 0 Å². The van der Waals surface area contributed by atoms with Gasteiger partial charge in [-0.15, -0.1) is 0 Å². The Labute approximate surface area is 73.3 Å². The Balaban J connectivity index is 2.37. The monoisotopic (exact) mass is 171 g/mol. The largest absolute Gasteiger partial charge is 0.466 e. The SMILES string of the molecule is CCOC(=O)[C@H](CN)C1CCC1. The van der Waals surface area contributed by atoms with Crippen molar-refractivity contribution in [1.29, 1.82) is 0 Å². The molecule has 3 nitrogen and oxygen atoms in total. The third kappa shape index (κ3) is 1.97. The summed E-state index contributed by atoms with van der Waals surface area (Å²) in [5.41, 5.74) is 5.51. The topological polar surface area (TPSA) is 52.3 Å². The van der Waals surface area contributed by atoms with Crippen LogP contribution in [-0.4, -0.2) is 19.1 Å². The van der Waals surface area contributed by atoms with Gasteiger partial charge in [-0.05, 0) is 25.7 Å². The molecule has 0 spiro atoms. The van der Waals surface area contributed by atoms with Gasteiger partial charge in [-0.3, -0.25) is 4.79 Å². The fraction of sp³-hybridized carbons (Fsp3) is 0.889. The van der Waals surface area contributed by atoms with Crippen molar-refractivity contribution in [2.75, 3.05) is 13.2 Å². The second-order valence-corrected chi connectivity index (χ2v) is 3.29. The molecule has 0 unspecified atom stereocenters. The lowest BCUT2D eigenvalue weighted by Gasteiger charge is -2.31. The van der Waals surface area contributed by atoms with E-state index in [2.05, 4.69) is 0 Å². The summed E-state index contributed by atoms with van der Waals surface area (Å²) in [5.74, 6) is 0.345. The van der Waals surface area contributed by atoms with Gasteiger partial charge in [0.05, 0.1) is 12.5 Å². The first-order chi connectivity index (χ1) is 5.79. The summed E-state index contributed by atoms with van der Waals surface area (Å²) in [4.78, 5) is 11.3. The molecular weight excluding hydrogens is 154 g/mol. The number of ether oxygens (including phenoxy) is 1. The van der Waals surface area contributed by atoms with Gasteiger partial charge in [0.25, 0.3) is 0 Å². The molecule has 1 aliphatic carbocycles. The zero-order valence-electron chi connectivity index (χ0n) is 7.58. The molecule has 70 valence electrons. The van der Waals surface area contributed by atoms with Crippen LogP contribution in [0.15, 0.2) is 0 Å². The van der Waals surface area contributed by atoms with Gasteiger partial charge < -0.3 is 10.5 Å². The molecule has 0 aromatic heterocycles. The summed E-state index contributed by atoms with van der Waals surface area (Å²) < 4.78 is 4.93. The number of nitrogens with two attached hydrogens (primary N) is 1. The molecular formula is C9H17NO2. The highest BCUT2D eigenvalue weighted by molar-refractivity contribution is 5.73. The Hall–Kier alpha value is -0.570. The van der Waals surface area contributed by atoms with E-state index < -0.39 is 0 Å². The first kappa shape index (κ1) is 9.52. The highest BCUT2D eigenvalue weighted by Gasteiger charge is 2.32. The van der Waals surface area contributed by atoms with E-state index in [1.54, 1.807) is 0 Å².